The van der Waals surface area contributed by atoms with E-state index in [0.29, 0.717) is 23.1 Å². The molecule has 1 aliphatic rings. The van der Waals surface area contributed by atoms with Crippen LogP contribution in [0.15, 0.2) is 42.5 Å². The highest BCUT2D eigenvalue weighted by Crippen LogP contribution is 2.37. The molecular weight excluding hydrogens is 418 g/mol. The van der Waals surface area contributed by atoms with Crippen LogP contribution in [0.3, 0.4) is 0 Å². The second-order valence-corrected chi connectivity index (χ2v) is 10.1. The Bertz CT molecular complexity index is 948. The third-order valence-corrected chi connectivity index (χ3v) is 7.44. The maximum Gasteiger partial charge on any atom is 0.314 e. The number of nitriles is 1. The normalized spacial score (nSPS) is 18.8. The van der Waals surface area contributed by atoms with Gasteiger partial charge in [0.25, 0.3) is 0 Å². The molecule has 2 aromatic carbocycles. The van der Waals surface area contributed by atoms with Crippen molar-refractivity contribution >= 4 is 5.97 Å². The molecule has 0 amide bonds. The first-order chi connectivity index (χ1) is 16.5. The molecule has 0 aromatic heterocycles. The van der Waals surface area contributed by atoms with Gasteiger partial charge in [0.2, 0.25) is 0 Å². The fourth-order valence-electron chi connectivity index (χ4n) is 5.17. The number of ether oxygens (including phenoxy) is 1. The number of aryl methyl sites for hydroxylation is 1. The van der Waals surface area contributed by atoms with Gasteiger partial charge in [0.15, 0.2) is 0 Å². The molecule has 0 aliphatic heterocycles. The number of carbonyl (C=O) groups is 1. The summed E-state index contributed by atoms with van der Waals surface area (Å²) in [6.07, 6.45) is 12.1. The van der Waals surface area contributed by atoms with Crippen molar-refractivity contribution in [2.75, 3.05) is 0 Å². The van der Waals surface area contributed by atoms with Gasteiger partial charge < -0.3 is 4.74 Å². The number of carbonyl (C=O) groups excluding carboxylic acids is 1. The Morgan fingerprint density at radius 2 is 1.74 bits per heavy atom. The Hall–Kier alpha value is -2.60. The lowest BCUT2D eigenvalue weighted by Gasteiger charge is -2.27. The van der Waals surface area contributed by atoms with Crippen LogP contribution in [0.4, 0.5) is 0 Å². The summed E-state index contributed by atoms with van der Waals surface area (Å²) in [6.45, 7) is 6.64. The molecular formula is C31H41NO2. The predicted molar refractivity (Wildman–Crippen MR) is 139 cm³/mol. The number of unbranched alkanes of at least 4 members (excludes halogenated alkanes) is 3. The molecule has 182 valence electrons. The van der Waals surface area contributed by atoms with Gasteiger partial charge in [-0.25, -0.2) is 0 Å². The second-order valence-electron chi connectivity index (χ2n) is 10.1. The summed E-state index contributed by atoms with van der Waals surface area (Å²) in [4.78, 5) is 12.9. The summed E-state index contributed by atoms with van der Waals surface area (Å²) in [7, 11) is 0. The number of esters is 1. The van der Waals surface area contributed by atoms with Gasteiger partial charge in [0.1, 0.15) is 11.8 Å². The van der Waals surface area contributed by atoms with Crippen molar-refractivity contribution < 1.29 is 9.53 Å². The van der Waals surface area contributed by atoms with Crippen LogP contribution in [-0.2, 0) is 11.2 Å². The van der Waals surface area contributed by atoms with Crippen LogP contribution in [0.25, 0.3) is 0 Å². The molecule has 1 saturated carbocycles. The molecule has 0 saturated heterocycles. The van der Waals surface area contributed by atoms with Gasteiger partial charge in [-0.3, -0.25) is 4.79 Å². The van der Waals surface area contributed by atoms with Crippen molar-refractivity contribution in [1.82, 2.24) is 0 Å². The highest BCUT2D eigenvalue weighted by atomic mass is 16.5. The van der Waals surface area contributed by atoms with Crippen molar-refractivity contribution in [1.29, 1.82) is 5.26 Å². The summed E-state index contributed by atoms with van der Waals surface area (Å²) in [5.74, 6) is 1.06. The topological polar surface area (TPSA) is 50.1 Å². The van der Waals surface area contributed by atoms with E-state index in [1.807, 2.05) is 18.2 Å². The fraction of sp³-hybridized carbons (Fsp3) is 0.548. The first kappa shape index (κ1) is 26.0. The Balaban J connectivity index is 1.53. The number of hydrogen-bond acceptors (Lipinski definition) is 3. The molecule has 34 heavy (non-hydrogen) atoms. The van der Waals surface area contributed by atoms with Gasteiger partial charge in [-0.05, 0) is 79.2 Å². The fourth-order valence-corrected chi connectivity index (χ4v) is 5.17. The third-order valence-electron chi connectivity index (χ3n) is 7.44. The molecule has 1 aliphatic carbocycles. The first-order valence-corrected chi connectivity index (χ1v) is 13.4. The molecule has 1 fully saturated rings. The monoisotopic (exact) mass is 459 g/mol. The molecule has 0 N–H and O–H groups in total. The summed E-state index contributed by atoms with van der Waals surface area (Å²) < 4.78 is 5.75. The molecule has 3 rings (SSSR count). The van der Waals surface area contributed by atoms with Crippen LogP contribution in [-0.4, -0.2) is 5.97 Å². The largest absolute Gasteiger partial charge is 0.425 e. The number of rotatable bonds is 11. The van der Waals surface area contributed by atoms with E-state index >= 15 is 0 Å². The van der Waals surface area contributed by atoms with Gasteiger partial charge in [-0.1, -0.05) is 83.2 Å². The summed E-state index contributed by atoms with van der Waals surface area (Å²) in [5.41, 5.74) is 4.40. The Labute approximate surface area is 206 Å². The summed E-state index contributed by atoms with van der Waals surface area (Å²) in [6, 6.07) is 17.0. The summed E-state index contributed by atoms with van der Waals surface area (Å²) >= 11 is 0. The van der Waals surface area contributed by atoms with E-state index in [-0.39, 0.29) is 11.9 Å². The minimum Gasteiger partial charge on any atom is -0.425 e. The van der Waals surface area contributed by atoms with E-state index in [4.69, 9.17) is 4.74 Å². The van der Waals surface area contributed by atoms with Crippen molar-refractivity contribution in [3.8, 4) is 11.8 Å². The number of nitrogens with zero attached hydrogens (tertiary/aromatic N) is 1. The smallest absolute Gasteiger partial charge is 0.314 e. The molecule has 0 radical (unpaired) electrons. The van der Waals surface area contributed by atoms with Gasteiger partial charge in [0, 0.05) is 0 Å². The SMILES string of the molecule is CCCCCCC(C)c1ccc(OC(=O)C2CCC(c3ccc(CCC)cc3)CC2)c(C#N)c1. The second kappa shape index (κ2) is 13.3. The van der Waals surface area contributed by atoms with Gasteiger partial charge in [-0.15, -0.1) is 0 Å². The molecule has 2 aromatic rings. The van der Waals surface area contributed by atoms with Gasteiger partial charge >= 0.3 is 5.97 Å². The molecule has 1 atom stereocenters. The van der Waals surface area contributed by atoms with Gasteiger partial charge in [0.05, 0.1) is 11.5 Å². The zero-order chi connectivity index (χ0) is 24.3. The van der Waals surface area contributed by atoms with Crippen LogP contribution < -0.4 is 4.74 Å². The molecule has 1 unspecified atom stereocenters. The predicted octanol–water partition coefficient (Wildman–Crippen LogP) is 8.46. The Morgan fingerprint density at radius 1 is 1.00 bits per heavy atom. The quantitative estimate of drug-likeness (QED) is 0.192. The molecule has 0 bridgehead atoms. The lowest BCUT2D eigenvalue weighted by molar-refractivity contribution is -0.140. The van der Waals surface area contributed by atoms with Crippen molar-refractivity contribution in [3.05, 3.63) is 64.7 Å². The van der Waals surface area contributed by atoms with Crippen molar-refractivity contribution in [2.45, 2.75) is 103 Å². The standard InChI is InChI=1S/C31H41NO2/c1-4-6-7-8-10-23(3)28-19-20-30(29(21-28)22-32)34-31(33)27-17-15-26(16-18-27)25-13-11-24(9-5-2)12-14-25/h11-14,19-21,23,26-27H,4-10,15-18H2,1-3H3. The minimum atomic E-state index is -0.186. The first-order valence-electron chi connectivity index (χ1n) is 13.4. The molecule has 3 nitrogen and oxygen atoms in total. The highest BCUT2D eigenvalue weighted by Gasteiger charge is 2.29. The van der Waals surface area contributed by atoms with Crippen LogP contribution in [0.1, 0.15) is 119 Å². The average Bonchev–Trinajstić information content (AvgIpc) is 2.87. The minimum absolute atomic E-state index is 0.0840. The van der Waals surface area contributed by atoms with E-state index in [1.54, 1.807) is 0 Å². The Kier molecular flexibility index (Phi) is 10.2. The molecule has 0 heterocycles. The molecule has 0 spiro atoms. The average molecular weight is 460 g/mol. The van der Waals surface area contributed by atoms with Crippen LogP contribution in [0.5, 0.6) is 5.75 Å². The highest BCUT2D eigenvalue weighted by molar-refractivity contribution is 5.76. The summed E-state index contributed by atoms with van der Waals surface area (Å²) in [5, 5.41) is 9.67. The van der Waals surface area contributed by atoms with E-state index < -0.39 is 0 Å². The number of hydrogen-bond donors (Lipinski definition) is 0. The molecule has 3 heteroatoms. The van der Waals surface area contributed by atoms with Gasteiger partial charge in [-0.2, -0.15) is 5.26 Å². The third kappa shape index (κ3) is 7.20. The lowest BCUT2D eigenvalue weighted by atomic mass is 9.78. The van der Waals surface area contributed by atoms with Crippen LogP contribution in [0.2, 0.25) is 0 Å². The van der Waals surface area contributed by atoms with Crippen molar-refractivity contribution in [3.63, 3.8) is 0 Å². The van der Waals surface area contributed by atoms with E-state index in [1.165, 1.54) is 43.2 Å². The van der Waals surface area contributed by atoms with E-state index in [9.17, 15) is 10.1 Å². The Morgan fingerprint density at radius 3 is 2.38 bits per heavy atom. The van der Waals surface area contributed by atoms with Crippen LogP contribution in [0, 0.1) is 17.2 Å². The van der Waals surface area contributed by atoms with Crippen LogP contribution >= 0.6 is 0 Å². The maximum absolute atomic E-state index is 12.9. The van der Waals surface area contributed by atoms with E-state index in [2.05, 4.69) is 51.1 Å². The zero-order valence-electron chi connectivity index (χ0n) is 21.3. The van der Waals surface area contributed by atoms with E-state index in [0.717, 1.165) is 44.1 Å². The number of benzene rings is 2. The zero-order valence-corrected chi connectivity index (χ0v) is 21.3. The maximum atomic E-state index is 12.9. The van der Waals surface area contributed by atoms with Crippen molar-refractivity contribution in [2.24, 2.45) is 5.92 Å². The lowest BCUT2D eigenvalue weighted by Crippen LogP contribution is -2.25.